The molecule has 6 nitrogen and oxygen atoms in total. The lowest BCUT2D eigenvalue weighted by atomic mass is 9.88. The Morgan fingerprint density at radius 2 is 1.68 bits per heavy atom. The smallest absolute Gasteiger partial charge is 0.335 e. The quantitative estimate of drug-likeness (QED) is 0.881. The van der Waals surface area contributed by atoms with E-state index in [-0.39, 0.29) is 12.5 Å². The second-order valence-corrected chi connectivity index (χ2v) is 7.30. The van der Waals surface area contributed by atoms with Gasteiger partial charge in [-0.3, -0.25) is 4.79 Å². The number of hydrogen-bond acceptors (Lipinski definition) is 4. The average Bonchev–Trinajstić information content (AvgIpc) is 2.73. The lowest BCUT2D eigenvalue weighted by Gasteiger charge is -2.35. The number of para-hydroxylation sites is 2. The zero-order chi connectivity index (χ0) is 19.5. The van der Waals surface area contributed by atoms with Crippen molar-refractivity contribution in [2.45, 2.75) is 25.4 Å². The van der Waals surface area contributed by atoms with Gasteiger partial charge in [0.1, 0.15) is 6.61 Å². The van der Waals surface area contributed by atoms with Crippen LogP contribution in [0.1, 0.15) is 28.8 Å². The molecule has 1 amide bonds. The number of fused-ring (bicyclic) bond motifs is 1. The normalized spacial score (nSPS) is 19.3. The number of piperidine rings is 1. The molecule has 1 fully saturated rings. The second kappa shape index (κ2) is 7.92. The highest BCUT2D eigenvalue weighted by atomic mass is 16.6. The zero-order valence-corrected chi connectivity index (χ0v) is 15.5. The van der Waals surface area contributed by atoms with E-state index in [1.54, 1.807) is 18.2 Å². The van der Waals surface area contributed by atoms with E-state index in [2.05, 4.69) is 0 Å². The van der Waals surface area contributed by atoms with Crippen LogP contribution in [0.25, 0.3) is 0 Å². The summed E-state index contributed by atoms with van der Waals surface area (Å²) in [5.74, 6) is 0.709. The molecule has 4 rings (SSSR count). The molecule has 0 radical (unpaired) electrons. The fourth-order valence-corrected chi connectivity index (χ4v) is 3.92. The minimum atomic E-state index is -0.891. The number of carbonyl (C=O) groups excluding carboxylic acids is 1. The molecule has 6 heteroatoms. The summed E-state index contributed by atoms with van der Waals surface area (Å²) in [6.45, 7) is 1.53. The third-order valence-electron chi connectivity index (χ3n) is 5.47. The number of benzene rings is 2. The number of rotatable bonds is 4. The Bertz CT molecular complexity index is 873. The molecule has 0 spiro atoms. The Morgan fingerprint density at radius 3 is 2.43 bits per heavy atom. The number of hydrogen-bond donors (Lipinski definition) is 1. The molecule has 1 unspecified atom stereocenters. The van der Waals surface area contributed by atoms with E-state index >= 15 is 0 Å². The van der Waals surface area contributed by atoms with Gasteiger partial charge in [0.15, 0.2) is 11.5 Å². The van der Waals surface area contributed by atoms with Crippen molar-refractivity contribution in [1.29, 1.82) is 0 Å². The summed E-state index contributed by atoms with van der Waals surface area (Å²) < 4.78 is 11.5. The highest BCUT2D eigenvalue weighted by molar-refractivity contribution is 5.89. The fourth-order valence-electron chi connectivity index (χ4n) is 3.92. The van der Waals surface area contributed by atoms with Gasteiger partial charge in [0.05, 0.1) is 5.56 Å². The first-order valence-electron chi connectivity index (χ1n) is 9.60. The summed E-state index contributed by atoms with van der Waals surface area (Å²) in [4.78, 5) is 26.0. The molecule has 0 saturated carbocycles. The molecular weight excluding hydrogens is 358 g/mol. The lowest BCUT2D eigenvalue weighted by molar-refractivity contribution is -0.142. The summed E-state index contributed by atoms with van der Waals surface area (Å²) in [7, 11) is 0. The molecule has 2 aromatic carbocycles. The van der Waals surface area contributed by atoms with Crippen LogP contribution in [0.5, 0.6) is 11.5 Å². The standard InChI is InChI=1S/C22H23NO5/c24-21(20-14-27-18-7-3-4-8-19(18)28-20)23-11-9-15(10-12-23)13-16-5-1-2-6-17(16)22(25)26/h1-8,15,20H,9-14H2,(H,25,26). The van der Waals surface area contributed by atoms with Crippen LogP contribution in [-0.2, 0) is 11.2 Å². The zero-order valence-electron chi connectivity index (χ0n) is 15.5. The first-order valence-corrected chi connectivity index (χ1v) is 9.60. The number of carboxylic acid groups (broad SMARTS) is 1. The number of aromatic carboxylic acids is 1. The SMILES string of the molecule is O=C(O)c1ccccc1CC1CCN(C(=O)C2COc3ccccc3O2)CC1. The van der Waals surface area contributed by atoms with Gasteiger partial charge in [-0.1, -0.05) is 30.3 Å². The molecule has 2 aliphatic rings. The van der Waals surface area contributed by atoms with Crippen molar-refractivity contribution in [2.24, 2.45) is 5.92 Å². The molecule has 2 aliphatic heterocycles. The van der Waals surface area contributed by atoms with Crippen LogP contribution in [0.15, 0.2) is 48.5 Å². The molecule has 2 heterocycles. The topological polar surface area (TPSA) is 76.1 Å². The third kappa shape index (κ3) is 3.81. The maximum Gasteiger partial charge on any atom is 0.335 e. The molecule has 0 aromatic heterocycles. The number of likely N-dealkylation sites (tertiary alicyclic amines) is 1. The maximum absolute atomic E-state index is 12.8. The average molecular weight is 381 g/mol. The van der Waals surface area contributed by atoms with E-state index in [1.807, 2.05) is 35.2 Å². The number of nitrogens with zero attached hydrogens (tertiary/aromatic N) is 1. The monoisotopic (exact) mass is 381 g/mol. The van der Waals surface area contributed by atoms with Crippen LogP contribution in [0.3, 0.4) is 0 Å². The number of amides is 1. The van der Waals surface area contributed by atoms with Gasteiger partial charge < -0.3 is 19.5 Å². The highest BCUT2D eigenvalue weighted by Crippen LogP contribution is 2.32. The van der Waals surface area contributed by atoms with Crippen molar-refractivity contribution in [1.82, 2.24) is 4.90 Å². The molecule has 1 N–H and O–H groups in total. The van der Waals surface area contributed by atoms with Gasteiger partial charge in [-0.2, -0.15) is 0 Å². The van der Waals surface area contributed by atoms with E-state index in [9.17, 15) is 14.7 Å². The van der Waals surface area contributed by atoms with Gasteiger partial charge in [-0.05, 0) is 48.9 Å². The predicted molar refractivity (Wildman–Crippen MR) is 103 cm³/mol. The van der Waals surface area contributed by atoms with Gasteiger partial charge in [-0.25, -0.2) is 4.79 Å². The second-order valence-electron chi connectivity index (χ2n) is 7.30. The minimum absolute atomic E-state index is 0.0427. The largest absolute Gasteiger partial charge is 0.485 e. The Labute approximate surface area is 163 Å². The highest BCUT2D eigenvalue weighted by Gasteiger charge is 2.33. The predicted octanol–water partition coefficient (Wildman–Crippen LogP) is 3.01. The molecule has 1 saturated heterocycles. The fraction of sp³-hybridized carbons (Fsp3) is 0.364. The van der Waals surface area contributed by atoms with Crippen LogP contribution >= 0.6 is 0 Å². The van der Waals surface area contributed by atoms with E-state index in [4.69, 9.17) is 9.47 Å². The van der Waals surface area contributed by atoms with Gasteiger partial charge in [-0.15, -0.1) is 0 Å². The number of ether oxygens (including phenoxy) is 2. The van der Waals surface area contributed by atoms with Crippen LogP contribution in [0.4, 0.5) is 0 Å². The molecule has 2 aromatic rings. The van der Waals surface area contributed by atoms with E-state index in [0.29, 0.717) is 36.1 Å². The van der Waals surface area contributed by atoms with Gasteiger partial charge >= 0.3 is 5.97 Å². The molecule has 1 atom stereocenters. The third-order valence-corrected chi connectivity index (χ3v) is 5.47. The van der Waals surface area contributed by atoms with Crippen LogP contribution < -0.4 is 9.47 Å². The van der Waals surface area contributed by atoms with Crippen molar-refractivity contribution in [3.63, 3.8) is 0 Å². The van der Waals surface area contributed by atoms with Crippen LogP contribution in [-0.4, -0.2) is 47.7 Å². The summed E-state index contributed by atoms with van der Waals surface area (Å²) in [5, 5.41) is 9.35. The van der Waals surface area contributed by atoms with Gasteiger partial charge in [0.25, 0.3) is 5.91 Å². The number of carboxylic acids is 1. The Balaban J connectivity index is 1.33. The van der Waals surface area contributed by atoms with E-state index in [1.165, 1.54) is 0 Å². The lowest BCUT2D eigenvalue weighted by Crippen LogP contribution is -2.49. The minimum Gasteiger partial charge on any atom is -0.485 e. The maximum atomic E-state index is 12.8. The number of carbonyl (C=O) groups is 2. The first kappa shape index (κ1) is 18.3. The molecule has 28 heavy (non-hydrogen) atoms. The van der Waals surface area contributed by atoms with E-state index < -0.39 is 12.1 Å². The van der Waals surface area contributed by atoms with E-state index in [0.717, 1.165) is 24.8 Å². The van der Waals surface area contributed by atoms with Crippen molar-refractivity contribution in [3.8, 4) is 11.5 Å². The van der Waals surface area contributed by atoms with Crippen molar-refractivity contribution < 1.29 is 24.2 Å². The molecule has 146 valence electrons. The molecular formula is C22H23NO5. The van der Waals surface area contributed by atoms with Crippen molar-refractivity contribution in [2.75, 3.05) is 19.7 Å². The van der Waals surface area contributed by atoms with Gasteiger partial charge in [0, 0.05) is 13.1 Å². The summed E-state index contributed by atoms with van der Waals surface area (Å²) in [6, 6.07) is 14.5. The summed E-state index contributed by atoms with van der Waals surface area (Å²) in [5.41, 5.74) is 1.23. The van der Waals surface area contributed by atoms with Gasteiger partial charge in [0.2, 0.25) is 6.10 Å². The Kier molecular flexibility index (Phi) is 5.19. The first-order chi connectivity index (χ1) is 13.6. The van der Waals surface area contributed by atoms with Crippen molar-refractivity contribution >= 4 is 11.9 Å². The van der Waals surface area contributed by atoms with Crippen molar-refractivity contribution in [3.05, 3.63) is 59.7 Å². The molecule has 0 bridgehead atoms. The Morgan fingerprint density at radius 1 is 1.00 bits per heavy atom. The summed E-state index contributed by atoms with van der Waals surface area (Å²) >= 11 is 0. The van der Waals surface area contributed by atoms with Crippen LogP contribution in [0, 0.1) is 5.92 Å². The molecule has 0 aliphatic carbocycles. The van der Waals surface area contributed by atoms with Crippen LogP contribution in [0.2, 0.25) is 0 Å². The Hall–Kier alpha value is -3.02. The summed E-state index contributed by atoms with van der Waals surface area (Å²) in [6.07, 6.45) is 1.81.